The molecule has 0 aliphatic carbocycles. The number of nitrogens with two attached hydrogens (primary N) is 1. The normalized spacial score (nSPS) is 10.3. The second-order valence-electron chi connectivity index (χ2n) is 4.35. The molecular formula is C15H14BrClN2O. The summed E-state index contributed by atoms with van der Waals surface area (Å²) >= 11 is 9.46. The van der Waals surface area contributed by atoms with E-state index in [1.165, 1.54) is 0 Å². The van der Waals surface area contributed by atoms with Crippen molar-refractivity contribution >= 4 is 44.8 Å². The highest BCUT2D eigenvalue weighted by Crippen LogP contribution is 2.24. The van der Waals surface area contributed by atoms with E-state index in [0.29, 0.717) is 16.3 Å². The Balaban J connectivity index is 2.28. The lowest BCUT2D eigenvalue weighted by Crippen LogP contribution is -2.14. The molecule has 2 aromatic rings. The average Bonchev–Trinajstić information content (AvgIpc) is 2.40. The molecule has 5 heteroatoms. The molecule has 0 saturated heterocycles. The molecule has 0 aliphatic rings. The molecular weight excluding hydrogens is 340 g/mol. The number of anilines is 2. The largest absolute Gasteiger partial charge is 0.399 e. The summed E-state index contributed by atoms with van der Waals surface area (Å²) in [6.07, 6.45) is 0.824. The molecule has 3 nitrogen and oxygen atoms in total. The van der Waals surface area contributed by atoms with Crippen LogP contribution in [0.3, 0.4) is 0 Å². The second kappa shape index (κ2) is 6.29. The molecule has 0 heterocycles. The zero-order valence-corrected chi connectivity index (χ0v) is 13.3. The highest BCUT2D eigenvalue weighted by molar-refractivity contribution is 9.10. The molecule has 0 saturated carbocycles. The van der Waals surface area contributed by atoms with Crippen molar-refractivity contribution in [3.8, 4) is 0 Å². The minimum atomic E-state index is -0.243. The predicted molar refractivity (Wildman–Crippen MR) is 87.3 cm³/mol. The SMILES string of the molecule is CCc1cc(Br)ccc1NC(=O)c1ccc(N)cc1Cl. The number of rotatable bonds is 3. The molecule has 3 N–H and O–H groups in total. The van der Waals surface area contributed by atoms with E-state index in [1.54, 1.807) is 18.2 Å². The molecule has 104 valence electrons. The molecule has 0 radical (unpaired) electrons. The Bertz CT molecular complexity index is 658. The van der Waals surface area contributed by atoms with Gasteiger partial charge in [0.15, 0.2) is 0 Å². The number of hydrogen-bond acceptors (Lipinski definition) is 2. The Morgan fingerprint density at radius 3 is 2.70 bits per heavy atom. The number of amides is 1. The lowest BCUT2D eigenvalue weighted by Gasteiger charge is -2.11. The number of carbonyl (C=O) groups is 1. The van der Waals surface area contributed by atoms with Gasteiger partial charge in [-0.05, 0) is 48.4 Å². The number of hydrogen-bond donors (Lipinski definition) is 2. The van der Waals surface area contributed by atoms with Crippen molar-refractivity contribution in [1.82, 2.24) is 0 Å². The maximum atomic E-state index is 12.3. The molecule has 2 rings (SSSR count). The first-order chi connectivity index (χ1) is 9.51. The summed E-state index contributed by atoms with van der Waals surface area (Å²) in [5.41, 5.74) is 8.40. The van der Waals surface area contributed by atoms with Gasteiger partial charge in [-0.3, -0.25) is 4.79 Å². The fourth-order valence-electron chi connectivity index (χ4n) is 1.88. The molecule has 20 heavy (non-hydrogen) atoms. The quantitative estimate of drug-likeness (QED) is 0.798. The fraction of sp³-hybridized carbons (Fsp3) is 0.133. The van der Waals surface area contributed by atoms with Gasteiger partial charge in [0.1, 0.15) is 0 Å². The van der Waals surface area contributed by atoms with Gasteiger partial charge >= 0.3 is 0 Å². The third-order valence-electron chi connectivity index (χ3n) is 2.93. The summed E-state index contributed by atoms with van der Waals surface area (Å²) in [5, 5.41) is 3.23. The molecule has 2 aromatic carbocycles. The lowest BCUT2D eigenvalue weighted by molar-refractivity contribution is 0.102. The monoisotopic (exact) mass is 352 g/mol. The average molecular weight is 354 g/mol. The van der Waals surface area contributed by atoms with E-state index in [9.17, 15) is 4.79 Å². The molecule has 0 aromatic heterocycles. The van der Waals surface area contributed by atoms with Crippen molar-refractivity contribution in [3.05, 3.63) is 57.0 Å². The number of benzene rings is 2. The van der Waals surface area contributed by atoms with Crippen molar-refractivity contribution < 1.29 is 4.79 Å². The Labute approximate surface area is 131 Å². The van der Waals surface area contributed by atoms with E-state index in [1.807, 2.05) is 25.1 Å². The number of halogens is 2. The Hall–Kier alpha value is -1.52. The highest BCUT2D eigenvalue weighted by Gasteiger charge is 2.12. The molecule has 0 spiro atoms. The van der Waals surface area contributed by atoms with Gasteiger partial charge in [-0.15, -0.1) is 0 Å². The highest BCUT2D eigenvalue weighted by atomic mass is 79.9. The number of aryl methyl sites for hydroxylation is 1. The van der Waals surface area contributed by atoms with Crippen LogP contribution in [0, 0.1) is 0 Å². The Morgan fingerprint density at radius 1 is 1.30 bits per heavy atom. The summed E-state index contributed by atoms with van der Waals surface area (Å²) in [6, 6.07) is 10.6. The first-order valence-electron chi connectivity index (χ1n) is 6.16. The van der Waals surface area contributed by atoms with Crippen molar-refractivity contribution in [2.24, 2.45) is 0 Å². The Kier molecular flexibility index (Phi) is 4.68. The van der Waals surface area contributed by atoms with Crippen LogP contribution in [0.1, 0.15) is 22.8 Å². The van der Waals surface area contributed by atoms with Gasteiger partial charge in [0.2, 0.25) is 0 Å². The van der Waals surface area contributed by atoms with Crippen molar-refractivity contribution in [2.45, 2.75) is 13.3 Å². The number of nitrogen functional groups attached to an aromatic ring is 1. The van der Waals surface area contributed by atoms with E-state index >= 15 is 0 Å². The fourth-order valence-corrected chi connectivity index (χ4v) is 2.57. The van der Waals surface area contributed by atoms with Crippen LogP contribution in [0.4, 0.5) is 11.4 Å². The predicted octanol–water partition coefficient (Wildman–Crippen LogP) is 4.50. The zero-order valence-electron chi connectivity index (χ0n) is 10.9. The van der Waals surface area contributed by atoms with Gasteiger partial charge in [0.05, 0.1) is 10.6 Å². The van der Waals surface area contributed by atoms with E-state index < -0.39 is 0 Å². The van der Waals surface area contributed by atoms with Gasteiger partial charge in [-0.25, -0.2) is 0 Å². The zero-order chi connectivity index (χ0) is 14.7. The number of carbonyl (C=O) groups excluding carboxylic acids is 1. The Morgan fingerprint density at radius 2 is 2.05 bits per heavy atom. The van der Waals surface area contributed by atoms with Crippen molar-refractivity contribution in [1.29, 1.82) is 0 Å². The second-order valence-corrected chi connectivity index (χ2v) is 5.67. The first kappa shape index (κ1) is 14.9. The van der Waals surface area contributed by atoms with Crippen LogP contribution in [0.2, 0.25) is 5.02 Å². The van der Waals surface area contributed by atoms with Gasteiger partial charge in [-0.2, -0.15) is 0 Å². The summed E-state index contributed by atoms with van der Waals surface area (Å²) in [5.74, 6) is -0.243. The minimum absolute atomic E-state index is 0.243. The third kappa shape index (κ3) is 3.32. The van der Waals surface area contributed by atoms with Gasteiger partial charge in [-0.1, -0.05) is 34.5 Å². The summed E-state index contributed by atoms with van der Waals surface area (Å²) in [4.78, 5) is 12.3. The van der Waals surface area contributed by atoms with E-state index in [2.05, 4.69) is 21.2 Å². The lowest BCUT2D eigenvalue weighted by atomic mass is 10.1. The van der Waals surface area contributed by atoms with E-state index in [4.69, 9.17) is 17.3 Å². The molecule has 0 aliphatic heterocycles. The van der Waals surface area contributed by atoms with Crippen LogP contribution in [-0.4, -0.2) is 5.91 Å². The molecule has 0 atom stereocenters. The third-order valence-corrected chi connectivity index (χ3v) is 3.74. The number of nitrogens with one attached hydrogen (secondary N) is 1. The van der Waals surface area contributed by atoms with Crippen LogP contribution < -0.4 is 11.1 Å². The van der Waals surface area contributed by atoms with E-state index in [-0.39, 0.29) is 5.91 Å². The molecule has 0 fully saturated rings. The summed E-state index contributed by atoms with van der Waals surface area (Å²) < 4.78 is 0.984. The van der Waals surface area contributed by atoms with Gasteiger partial charge in [0, 0.05) is 15.8 Å². The van der Waals surface area contributed by atoms with Crippen LogP contribution >= 0.6 is 27.5 Å². The first-order valence-corrected chi connectivity index (χ1v) is 7.33. The van der Waals surface area contributed by atoms with Gasteiger partial charge < -0.3 is 11.1 Å². The topological polar surface area (TPSA) is 55.1 Å². The minimum Gasteiger partial charge on any atom is -0.399 e. The van der Waals surface area contributed by atoms with Crippen LogP contribution in [0.25, 0.3) is 0 Å². The van der Waals surface area contributed by atoms with Gasteiger partial charge in [0.25, 0.3) is 5.91 Å². The maximum Gasteiger partial charge on any atom is 0.257 e. The van der Waals surface area contributed by atoms with Crippen LogP contribution in [0.15, 0.2) is 40.9 Å². The molecule has 0 unspecified atom stereocenters. The van der Waals surface area contributed by atoms with Crippen LogP contribution in [0.5, 0.6) is 0 Å². The summed E-state index contributed by atoms with van der Waals surface area (Å²) in [6.45, 7) is 2.04. The summed E-state index contributed by atoms with van der Waals surface area (Å²) in [7, 11) is 0. The molecule has 0 bridgehead atoms. The standard InChI is InChI=1S/C15H14BrClN2O/c1-2-9-7-10(16)3-6-14(9)19-15(20)12-5-4-11(18)8-13(12)17/h3-8H,2,18H2,1H3,(H,19,20). The smallest absolute Gasteiger partial charge is 0.257 e. The van der Waals surface area contributed by atoms with Crippen LogP contribution in [-0.2, 0) is 6.42 Å². The molecule has 1 amide bonds. The maximum absolute atomic E-state index is 12.3. The van der Waals surface area contributed by atoms with Crippen molar-refractivity contribution in [2.75, 3.05) is 11.1 Å². The van der Waals surface area contributed by atoms with Crippen molar-refractivity contribution in [3.63, 3.8) is 0 Å². The van der Waals surface area contributed by atoms with E-state index in [0.717, 1.165) is 22.1 Å².